The molecule has 3 rings (SSSR count). The van der Waals surface area contributed by atoms with Crippen molar-refractivity contribution in [3.63, 3.8) is 0 Å². The molecular weight excluding hydrogens is 388 g/mol. The van der Waals surface area contributed by atoms with Gasteiger partial charge in [-0.3, -0.25) is 4.79 Å². The Kier molecular flexibility index (Phi) is 7.93. The predicted octanol–water partition coefficient (Wildman–Crippen LogP) is 4.22. The Labute approximate surface area is 185 Å². The third-order valence-electron chi connectivity index (χ3n) is 5.88. The van der Waals surface area contributed by atoms with E-state index >= 15 is 0 Å². The van der Waals surface area contributed by atoms with Crippen LogP contribution in [0.2, 0.25) is 0 Å². The van der Waals surface area contributed by atoms with Crippen molar-refractivity contribution >= 4 is 17.6 Å². The second-order valence-corrected chi connectivity index (χ2v) is 8.12. The molecule has 3 N–H and O–H groups in total. The van der Waals surface area contributed by atoms with E-state index in [-0.39, 0.29) is 11.3 Å². The average Bonchev–Trinajstić information content (AvgIpc) is 3.26. The van der Waals surface area contributed by atoms with Crippen LogP contribution in [0.5, 0.6) is 5.75 Å². The molecule has 0 radical (unpaired) electrons. The molecule has 6 nitrogen and oxygen atoms in total. The summed E-state index contributed by atoms with van der Waals surface area (Å²) in [6.45, 7) is 5.72. The van der Waals surface area contributed by atoms with Crippen molar-refractivity contribution < 1.29 is 9.53 Å². The molecule has 2 aromatic carbocycles. The molecule has 166 valence electrons. The topological polar surface area (TPSA) is 74.8 Å². The number of carbonyl (C=O) groups excluding carboxylic acids is 1. The Balaban J connectivity index is 1.72. The van der Waals surface area contributed by atoms with Crippen molar-refractivity contribution in [3.05, 3.63) is 59.7 Å². The van der Waals surface area contributed by atoms with Gasteiger partial charge in [-0.05, 0) is 43.0 Å². The smallest absolute Gasteiger partial charge is 0.221 e. The summed E-state index contributed by atoms with van der Waals surface area (Å²) in [4.78, 5) is 16.3. The van der Waals surface area contributed by atoms with Gasteiger partial charge in [-0.1, -0.05) is 49.2 Å². The SMILES string of the molecule is CCNC(=NCc1ccc(OC)c(NC(C)=O)c1)NCC1(c2ccccc2)CCCC1. The molecule has 0 aliphatic heterocycles. The number of carbonyl (C=O) groups is 1. The highest BCUT2D eigenvalue weighted by atomic mass is 16.5. The molecule has 1 fully saturated rings. The number of amides is 1. The van der Waals surface area contributed by atoms with Crippen molar-refractivity contribution in [1.29, 1.82) is 0 Å². The lowest BCUT2D eigenvalue weighted by molar-refractivity contribution is -0.114. The van der Waals surface area contributed by atoms with Gasteiger partial charge in [-0.2, -0.15) is 0 Å². The Hall–Kier alpha value is -3.02. The maximum absolute atomic E-state index is 11.5. The first-order valence-corrected chi connectivity index (χ1v) is 11.1. The molecule has 2 aromatic rings. The number of nitrogens with zero attached hydrogens (tertiary/aromatic N) is 1. The van der Waals surface area contributed by atoms with Crippen LogP contribution < -0.4 is 20.7 Å². The molecule has 0 bridgehead atoms. The third kappa shape index (κ3) is 6.00. The maximum atomic E-state index is 11.5. The van der Waals surface area contributed by atoms with E-state index in [0.29, 0.717) is 18.0 Å². The van der Waals surface area contributed by atoms with Crippen LogP contribution in [0.1, 0.15) is 50.7 Å². The molecule has 1 aliphatic carbocycles. The third-order valence-corrected chi connectivity index (χ3v) is 5.88. The fraction of sp³-hybridized carbons (Fsp3) is 0.440. The van der Waals surface area contributed by atoms with Gasteiger partial charge in [0.15, 0.2) is 5.96 Å². The summed E-state index contributed by atoms with van der Waals surface area (Å²) < 4.78 is 5.34. The van der Waals surface area contributed by atoms with Crippen LogP contribution in [-0.4, -0.2) is 32.1 Å². The zero-order valence-corrected chi connectivity index (χ0v) is 18.8. The van der Waals surface area contributed by atoms with E-state index in [0.717, 1.165) is 24.6 Å². The van der Waals surface area contributed by atoms with E-state index in [4.69, 9.17) is 9.73 Å². The Morgan fingerprint density at radius 1 is 1.10 bits per heavy atom. The van der Waals surface area contributed by atoms with Gasteiger partial charge in [0.2, 0.25) is 5.91 Å². The van der Waals surface area contributed by atoms with E-state index in [1.807, 2.05) is 18.2 Å². The number of anilines is 1. The number of aliphatic imine (C=N–C) groups is 1. The molecule has 0 spiro atoms. The number of guanidine groups is 1. The molecule has 1 saturated carbocycles. The van der Waals surface area contributed by atoms with Crippen LogP contribution >= 0.6 is 0 Å². The van der Waals surface area contributed by atoms with Crippen molar-refractivity contribution in [2.24, 2.45) is 4.99 Å². The summed E-state index contributed by atoms with van der Waals surface area (Å²) >= 11 is 0. The normalized spacial score (nSPS) is 15.4. The quantitative estimate of drug-likeness (QED) is 0.440. The predicted molar refractivity (Wildman–Crippen MR) is 127 cm³/mol. The Bertz CT molecular complexity index is 890. The van der Waals surface area contributed by atoms with Crippen LogP contribution in [0.4, 0.5) is 5.69 Å². The molecule has 0 heterocycles. The Morgan fingerprint density at radius 3 is 2.48 bits per heavy atom. The lowest BCUT2D eigenvalue weighted by atomic mass is 9.79. The van der Waals surface area contributed by atoms with Crippen molar-refractivity contribution in [2.75, 3.05) is 25.5 Å². The van der Waals surface area contributed by atoms with Crippen LogP contribution in [0.25, 0.3) is 0 Å². The standard InChI is InChI=1S/C25H34N4O2/c1-4-26-24(27-17-20-12-13-23(31-3)22(16-20)29-19(2)30)28-18-25(14-8-9-15-25)21-10-6-5-7-11-21/h5-7,10-13,16H,4,8-9,14-15,17-18H2,1-3H3,(H,29,30)(H2,26,27,28). The molecule has 0 unspecified atom stereocenters. The summed E-state index contributed by atoms with van der Waals surface area (Å²) in [6.07, 6.45) is 4.92. The minimum Gasteiger partial charge on any atom is -0.495 e. The van der Waals surface area contributed by atoms with Gasteiger partial charge in [0.25, 0.3) is 0 Å². The Morgan fingerprint density at radius 2 is 1.84 bits per heavy atom. The summed E-state index contributed by atoms with van der Waals surface area (Å²) in [5, 5.41) is 9.76. The van der Waals surface area contributed by atoms with Gasteiger partial charge in [0, 0.05) is 25.4 Å². The van der Waals surface area contributed by atoms with Gasteiger partial charge in [-0.25, -0.2) is 4.99 Å². The fourth-order valence-electron chi connectivity index (χ4n) is 4.32. The van der Waals surface area contributed by atoms with E-state index in [2.05, 4.69) is 53.2 Å². The van der Waals surface area contributed by atoms with E-state index in [1.165, 1.54) is 38.2 Å². The zero-order valence-electron chi connectivity index (χ0n) is 18.8. The molecule has 1 amide bonds. The summed E-state index contributed by atoms with van der Waals surface area (Å²) in [5.41, 5.74) is 3.23. The average molecular weight is 423 g/mol. The molecule has 6 heteroatoms. The number of hydrogen-bond donors (Lipinski definition) is 3. The highest BCUT2D eigenvalue weighted by molar-refractivity contribution is 5.90. The summed E-state index contributed by atoms with van der Waals surface area (Å²) in [7, 11) is 1.59. The second kappa shape index (κ2) is 10.8. The number of methoxy groups -OCH3 is 1. The van der Waals surface area contributed by atoms with Crippen molar-refractivity contribution in [1.82, 2.24) is 10.6 Å². The molecule has 0 aromatic heterocycles. The minimum atomic E-state index is -0.128. The number of benzene rings is 2. The van der Waals surface area contributed by atoms with E-state index in [9.17, 15) is 4.79 Å². The lowest BCUT2D eigenvalue weighted by Gasteiger charge is -2.30. The van der Waals surface area contributed by atoms with Crippen LogP contribution in [0, 0.1) is 0 Å². The van der Waals surface area contributed by atoms with Crippen LogP contribution in [0.15, 0.2) is 53.5 Å². The van der Waals surface area contributed by atoms with Crippen molar-refractivity contribution in [3.8, 4) is 5.75 Å². The van der Waals surface area contributed by atoms with Crippen LogP contribution in [0.3, 0.4) is 0 Å². The first kappa shape index (κ1) is 22.7. The first-order valence-electron chi connectivity index (χ1n) is 11.1. The molecule has 0 saturated heterocycles. The van der Waals surface area contributed by atoms with Gasteiger partial charge in [0.05, 0.1) is 19.3 Å². The first-order chi connectivity index (χ1) is 15.1. The van der Waals surface area contributed by atoms with Crippen LogP contribution in [-0.2, 0) is 16.8 Å². The van der Waals surface area contributed by atoms with Gasteiger partial charge in [0.1, 0.15) is 5.75 Å². The molecule has 31 heavy (non-hydrogen) atoms. The zero-order chi connectivity index (χ0) is 22.1. The highest BCUT2D eigenvalue weighted by Crippen LogP contribution is 2.40. The number of hydrogen-bond acceptors (Lipinski definition) is 3. The summed E-state index contributed by atoms with van der Waals surface area (Å²) in [5.74, 6) is 1.32. The largest absolute Gasteiger partial charge is 0.495 e. The lowest BCUT2D eigenvalue weighted by Crippen LogP contribution is -2.44. The monoisotopic (exact) mass is 422 g/mol. The molecular formula is C25H34N4O2. The summed E-state index contributed by atoms with van der Waals surface area (Å²) in [6, 6.07) is 16.6. The minimum absolute atomic E-state index is 0.128. The van der Waals surface area contributed by atoms with E-state index < -0.39 is 0 Å². The number of rotatable bonds is 8. The number of ether oxygens (including phenoxy) is 1. The van der Waals surface area contributed by atoms with E-state index in [1.54, 1.807) is 7.11 Å². The van der Waals surface area contributed by atoms with Crippen molar-refractivity contribution in [2.45, 2.75) is 51.5 Å². The molecule has 0 atom stereocenters. The highest BCUT2D eigenvalue weighted by Gasteiger charge is 2.35. The van der Waals surface area contributed by atoms with Gasteiger partial charge >= 0.3 is 0 Å². The van der Waals surface area contributed by atoms with Gasteiger partial charge in [-0.15, -0.1) is 0 Å². The molecule has 1 aliphatic rings. The van der Waals surface area contributed by atoms with Gasteiger partial charge < -0.3 is 20.7 Å². The maximum Gasteiger partial charge on any atom is 0.221 e. The fourth-order valence-corrected chi connectivity index (χ4v) is 4.32. The second-order valence-electron chi connectivity index (χ2n) is 8.12. The number of nitrogens with one attached hydrogen (secondary N) is 3.